The lowest BCUT2D eigenvalue weighted by atomic mass is 10.2. The van der Waals surface area contributed by atoms with Crippen molar-refractivity contribution in [3.8, 4) is 5.75 Å². The van der Waals surface area contributed by atoms with Crippen LogP contribution in [0.15, 0.2) is 24.3 Å². The smallest absolute Gasteiger partial charge is 0.226 e. The molecule has 96 valence electrons. The number of benzene rings is 1. The summed E-state index contributed by atoms with van der Waals surface area (Å²) >= 11 is 5.28. The molecule has 0 aliphatic rings. The zero-order valence-electron chi connectivity index (χ0n) is 9.81. The number of ether oxygens (including phenoxy) is 1. The van der Waals surface area contributed by atoms with E-state index in [9.17, 15) is 8.42 Å². The van der Waals surface area contributed by atoms with Crippen molar-refractivity contribution in [3.05, 3.63) is 29.8 Å². The maximum atomic E-state index is 11.2. The minimum absolute atomic E-state index is 0.263. The monoisotopic (exact) mass is 277 g/mol. The van der Waals surface area contributed by atoms with Crippen LogP contribution in [0.2, 0.25) is 0 Å². The van der Waals surface area contributed by atoms with Crippen LogP contribution in [0.3, 0.4) is 0 Å². The van der Waals surface area contributed by atoms with E-state index in [0.29, 0.717) is 5.75 Å². The topological polar surface area (TPSA) is 55.4 Å². The second kappa shape index (κ2) is 6.23. The fourth-order valence-corrected chi connectivity index (χ4v) is 2.16. The van der Waals surface area contributed by atoms with Crippen molar-refractivity contribution in [2.24, 2.45) is 0 Å². The van der Waals surface area contributed by atoms with E-state index in [2.05, 4.69) is 4.72 Å². The van der Waals surface area contributed by atoms with Crippen LogP contribution in [-0.4, -0.2) is 26.3 Å². The largest absolute Gasteiger partial charge is 0.492 e. The van der Waals surface area contributed by atoms with Gasteiger partial charge < -0.3 is 4.74 Å². The fourth-order valence-electron chi connectivity index (χ4n) is 1.23. The number of halogens is 1. The number of hydrogen-bond acceptors (Lipinski definition) is 3. The van der Waals surface area contributed by atoms with Crippen molar-refractivity contribution in [1.82, 2.24) is 4.72 Å². The number of rotatable bonds is 6. The Morgan fingerprint density at radius 2 is 1.94 bits per heavy atom. The zero-order chi connectivity index (χ0) is 12.9. The van der Waals surface area contributed by atoms with Gasteiger partial charge in [-0.1, -0.05) is 17.7 Å². The van der Waals surface area contributed by atoms with Crippen molar-refractivity contribution in [1.29, 1.82) is 0 Å². The first-order valence-electron chi connectivity index (χ1n) is 5.18. The molecule has 0 saturated carbocycles. The van der Waals surface area contributed by atoms with Gasteiger partial charge in [0.25, 0.3) is 0 Å². The van der Waals surface area contributed by atoms with Crippen LogP contribution in [0.4, 0.5) is 0 Å². The molecule has 0 saturated heterocycles. The van der Waals surface area contributed by atoms with E-state index in [1.165, 1.54) is 0 Å². The molecule has 0 aliphatic carbocycles. The molecule has 0 spiro atoms. The van der Waals surface area contributed by atoms with Gasteiger partial charge in [0, 0.05) is 0 Å². The van der Waals surface area contributed by atoms with E-state index in [0.717, 1.165) is 5.56 Å². The number of hydrogen-bond donors (Lipinski definition) is 1. The van der Waals surface area contributed by atoms with Gasteiger partial charge in [0.05, 0.1) is 6.04 Å². The quantitative estimate of drug-likeness (QED) is 0.808. The molecular formula is C11H16ClNO3S. The molecule has 1 rings (SSSR count). The average Bonchev–Trinajstić information content (AvgIpc) is 2.28. The first kappa shape index (κ1) is 14.3. The van der Waals surface area contributed by atoms with Gasteiger partial charge in [-0.05, 0) is 26.0 Å². The molecule has 0 amide bonds. The Labute approximate surface area is 107 Å². The Morgan fingerprint density at radius 1 is 1.35 bits per heavy atom. The van der Waals surface area contributed by atoms with Crippen molar-refractivity contribution < 1.29 is 13.2 Å². The van der Waals surface area contributed by atoms with E-state index in [4.69, 9.17) is 16.3 Å². The lowest BCUT2D eigenvalue weighted by Crippen LogP contribution is -2.37. The van der Waals surface area contributed by atoms with Crippen molar-refractivity contribution in [2.45, 2.75) is 19.9 Å². The predicted molar refractivity (Wildman–Crippen MR) is 68.9 cm³/mol. The lowest BCUT2D eigenvalue weighted by Gasteiger charge is -2.14. The third-order valence-electron chi connectivity index (χ3n) is 2.05. The molecule has 1 atom stereocenters. The molecule has 4 nitrogen and oxygen atoms in total. The Bertz CT molecular complexity index is 444. The molecule has 0 heterocycles. The SMILES string of the molecule is Cc1ccc(OCC(C)NS(=O)(=O)CCl)cc1. The Kier molecular flexibility index (Phi) is 5.24. The van der Waals surface area contributed by atoms with Crippen LogP contribution in [-0.2, 0) is 10.0 Å². The summed E-state index contributed by atoms with van der Waals surface area (Å²) in [6, 6.07) is 7.24. The third kappa shape index (κ3) is 5.39. The van der Waals surface area contributed by atoms with E-state index in [1.54, 1.807) is 6.92 Å². The molecule has 6 heteroatoms. The molecule has 0 aromatic heterocycles. The molecule has 17 heavy (non-hydrogen) atoms. The summed E-state index contributed by atoms with van der Waals surface area (Å²) < 4.78 is 30.2. The summed E-state index contributed by atoms with van der Waals surface area (Å²) in [6.07, 6.45) is 0. The summed E-state index contributed by atoms with van der Waals surface area (Å²) in [5, 5.41) is -0.443. The molecular weight excluding hydrogens is 262 g/mol. The summed E-state index contributed by atoms with van der Waals surface area (Å²) in [4.78, 5) is 0. The van der Waals surface area contributed by atoms with Crippen molar-refractivity contribution >= 4 is 21.6 Å². The van der Waals surface area contributed by atoms with Gasteiger partial charge >= 0.3 is 0 Å². The maximum absolute atomic E-state index is 11.2. The summed E-state index contributed by atoms with van der Waals surface area (Å²) in [6.45, 7) is 3.97. The lowest BCUT2D eigenvalue weighted by molar-refractivity contribution is 0.287. The highest BCUT2D eigenvalue weighted by Crippen LogP contribution is 2.11. The van der Waals surface area contributed by atoms with Gasteiger partial charge in [0.15, 0.2) is 0 Å². The van der Waals surface area contributed by atoms with Gasteiger partial charge in [0.1, 0.15) is 17.6 Å². The molecule has 1 aromatic carbocycles. The van der Waals surface area contributed by atoms with Gasteiger partial charge in [-0.3, -0.25) is 0 Å². The van der Waals surface area contributed by atoms with Gasteiger partial charge in [-0.15, -0.1) is 11.6 Å². The normalized spacial score (nSPS) is 13.4. The first-order chi connectivity index (χ1) is 7.93. The van der Waals surface area contributed by atoms with Crippen LogP contribution >= 0.6 is 11.6 Å². The van der Waals surface area contributed by atoms with E-state index >= 15 is 0 Å². The third-order valence-corrected chi connectivity index (χ3v) is 3.96. The van der Waals surface area contributed by atoms with Gasteiger partial charge in [-0.25, -0.2) is 13.1 Å². The molecule has 0 aliphatic heterocycles. The number of alkyl halides is 1. The molecule has 1 unspecified atom stereocenters. The molecule has 0 bridgehead atoms. The van der Waals surface area contributed by atoms with Crippen LogP contribution < -0.4 is 9.46 Å². The molecule has 0 fully saturated rings. The minimum atomic E-state index is -3.39. The fraction of sp³-hybridized carbons (Fsp3) is 0.455. The highest BCUT2D eigenvalue weighted by molar-refractivity contribution is 7.90. The van der Waals surface area contributed by atoms with Crippen molar-refractivity contribution in [2.75, 3.05) is 11.8 Å². The Morgan fingerprint density at radius 3 is 2.47 bits per heavy atom. The van der Waals surface area contributed by atoms with Gasteiger partial charge in [0.2, 0.25) is 10.0 Å². The number of aryl methyl sites for hydroxylation is 1. The highest BCUT2D eigenvalue weighted by atomic mass is 35.5. The zero-order valence-corrected chi connectivity index (χ0v) is 11.4. The molecule has 0 radical (unpaired) electrons. The van der Waals surface area contributed by atoms with Gasteiger partial charge in [-0.2, -0.15) is 0 Å². The molecule has 1 aromatic rings. The second-order valence-corrected chi connectivity index (χ2v) is 6.20. The Hall–Kier alpha value is -0.780. The van der Waals surface area contributed by atoms with Crippen LogP contribution in [0.1, 0.15) is 12.5 Å². The Balaban J connectivity index is 2.43. The summed E-state index contributed by atoms with van der Waals surface area (Å²) in [5.41, 5.74) is 1.15. The minimum Gasteiger partial charge on any atom is -0.492 e. The van der Waals surface area contributed by atoms with Crippen LogP contribution in [0, 0.1) is 6.92 Å². The summed E-state index contributed by atoms with van der Waals surface area (Å²) in [5.74, 6) is 0.715. The second-order valence-electron chi connectivity index (χ2n) is 3.87. The summed E-state index contributed by atoms with van der Waals surface area (Å²) in [7, 11) is -3.39. The van der Waals surface area contributed by atoms with E-state index in [1.807, 2.05) is 31.2 Å². The van der Waals surface area contributed by atoms with Crippen molar-refractivity contribution in [3.63, 3.8) is 0 Å². The first-order valence-corrected chi connectivity index (χ1v) is 7.37. The molecule has 1 N–H and O–H groups in total. The number of nitrogens with one attached hydrogen (secondary N) is 1. The van der Waals surface area contributed by atoms with E-state index < -0.39 is 15.2 Å². The predicted octanol–water partition coefficient (Wildman–Crippen LogP) is 1.88. The van der Waals surface area contributed by atoms with E-state index in [-0.39, 0.29) is 12.6 Å². The average molecular weight is 278 g/mol. The van der Waals surface area contributed by atoms with Crippen LogP contribution in [0.5, 0.6) is 5.75 Å². The number of sulfonamides is 1. The maximum Gasteiger partial charge on any atom is 0.226 e. The highest BCUT2D eigenvalue weighted by Gasteiger charge is 2.13. The van der Waals surface area contributed by atoms with Crippen LogP contribution in [0.25, 0.3) is 0 Å². The standard InChI is InChI=1S/C11H16ClNO3S/c1-9-3-5-11(6-4-9)16-7-10(2)13-17(14,15)8-12/h3-6,10,13H,7-8H2,1-2H3.